The van der Waals surface area contributed by atoms with Gasteiger partial charge in [0.1, 0.15) is 5.82 Å². The minimum Gasteiger partial charge on any atom is -0.318 e. The van der Waals surface area contributed by atoms with Crippen LogP contribution in [0, 0.1) is 11.7 Å². The normalized spacial score (nSPS) is 30.8. The molecule has 0 spiro atoms. The Labute approximate surface area is 157 Å². The number of hydrogen-bond donors (Lipinski definition) is 0. The van der Waals surface area contributed by atoms with Gasteiger partial charge in [0, 0.05) is 43.3 Å². The van der Waals surface area contributed by atoms with Crippen molar-refractivity contribution in [3.8, 4) is 11.3 Å². The van der Waals surface area contributed by atoms with Crippen molar-refractivity contribution in [2.24, 2.45) is 5.92 Å². The molecule has 2 aliphatic carbocycles. The smallest absolute Gasteiger partial charge is 0.318 e. The Balaban J connectivity index is 1.41. The lowest BCUT2D eigenvalue weighted by atomic mass is 10.0. The molecule has 5 nitrogen and oxygen atoms in total. The molecule has 7 rings (SSSR count). The van der Waals surface area contributed by atoms with Crippen LogP contribution in [0.1, 0.15) is 36.4 Å². The molecule has 27 heavy (non-hydrogen) atoms. The van der Waals surface area contributed by atoms with Gasteiger partial charge in [-0.3, -0.25) is 0 Å². The standard InChI is InChI=1S/C21H23FN4O/c22-15-3-1-13(2-4-15)20-19-17-11-14(17)12-18(19)26(23-20)21(27)25-10-9-24-7-5-16(25)6-8-24/h1-4,14,16-17H,5-12H2/t14-,17-/m1/s1. The molecule has 4 fully saturated rings. The number of nitrogens with zero attached hydrogens (tertiary/aromatic N) is 4. The number of hydrogen-bond acceptors (Lipinski definition) is 3. The van der Waals surface area contributed by atoms with Crippen LogP contribution in [0.3, 0.4) is 0 Å². The number of carbonyl (C=O) groups excluding carboxylic acids is 1. The summed E-state index contributed by atoms with van der Waals surface area (Å²) in [6, 6.07) is 6.89. The van der Waals surface area contributed by atoms with E-state index in [2.05, 4.69) is 9.80 Å². The fourth-order valence-corrected chi connectivity index (χ4v) is 5.37. The van der Waals surface area contributed by atoms with Gasteiger partial charge >= 0.3 is 6.03 Å². The monoisotopic (exact) mass is 366 g/mol. The number of amides is 1. The van der Waals surface area contributed by atoms with Gasteiger partial charge < -0.3 is 9.80 Å². The van der Waals surface area contributed by atoms with E-state index in [1.165, 1.54) is 24.1 Å². The molecule has 6 heteroatoms. The molecule has 3 saturated heterocycles. The maximum Gasteiger partial charge on any atom is 0.345 e. The van der Waals surface area contributed by atoms with Gasteiger partial charge in [-0.25, -0.2) is 9.18 Å². The van der Waals surface area contributed by atoms with Gasteiger partial charge in [-0.15, -0.1) is 0 Å². The highest BCUT2D eigenvalue weighted by atomic mass is 19.1. The van der Waals surface area contributed by atoms with E-state index in [0.29, 0.717) is 17.9 Å². The maximum absolute atomic E-state index is 13.5. The second-order valence-electron chi connectivity index (χ2n) is 8.48. The Morgan fingerprint density at radius 1 is 1.07 bits per heavy atom. The van der Waals surface area contributed by atoms with Gasteiger partial charge in [0.25, 0.3) is 0 Å². The van der Waals surface area contributed by atoms with Gasteiger partial charge in [-0.2, -0.15) is 9.78 Å². The molecule has 1 amide bonds. The predicted molar refractivity (Wildman–Crippen MR) is 99.1 cm³/mol. The molecular formula is C21H23FN4O. The highest BCUT2D eigenvalue weighted by Gasteiger charge is 2.50. The average molecular weight is 366 g/mol. The summed E-state index contributed by atoms with van der Waals surface area (Å²) >= 11 is 0. The van der Waals surface area contributed by atoms with Crippen LogP contribution in [0.2, 0.25) is 0 Å². The second kappa shape index (κ2) is 5.64. The summed E-state index contributed by atoms with van der Waals surface area (Å²) in [4.78, 5) is 18.0. The van der Waals surface area contributed by atoms with Crippen molar-refractivity contribution in [1.82, 2.24) is 19.6 Å². The Hall–Kier alpha value is -2.21. The van der Waals surface area contributed by atoms with Gasteiger partial charge in [0.2, 0.25) is 0 Å². The zero-order valence-corrected chi connectivity index (χ0v) is 15.3. The van der Waals surface area contributed by atoms with Crippen LogP contribution in [-0.4, -0.2) is 57.8 Å². The third-order valence-corrected chi connectivity index (χ3v) is 6.97. The molecule has 140 valence electrons. The first kappa shape index (κ1) is 15.8. The van der Waals surface area contributed by atoms with Crippen molar-refractivity contribution >= 4 is 6.03 Å². The molecule has 0 unspecified atom stereocenters. The van der Waals surface area contributed by atoms with Crippen molar-refractivity contribution in [1.29, 1.82) is 0 Å². The Morgan fingerprint density at radius 3 is 2.63 bits per heavy atom. The first-order valence-electron chi connectivity index (χ1n) is 10.1. The summed E-state index contributed by atoms with van der Waals surface area (Å²) in [6.07, 6.45) is 4.27. The van der Waals surface area contributed by atoms with Crippen LogP contribution in [0.15, 0.2) is 24.3 Å². The van der Waals surface area contributed by atoms with Crippen LogP contribution in [0.25, 0.3) is 11.3 Å². The molecule has 0 N–H and O–H groups in total. The third-order valence-electron chi connectivity index (χ3n) is 6.97. The van der Waals surface area contributed by atoms with E-state index in [1.807, 2.05) is 0 Å². The highest BCUT2D eigenvalue weighted by molar-refractivity contribution is 5.80. The number of piperidine rings is 1. The van der Waals surface area contributed by atoms with Crippen LogP contribution < -0.4 is 0 Å². The van der Waals surface area contributed by atoms with Crippen LogP contribution >= 0.6 is 0 Å². The molecular weight excluding hydrogens is 343 g/mol. The van der Waals surface area contributed by atoms with Gasteiger partial charge in [0.05, 0.1) is 11.4 Å². The average Bonchev–Trinajstić information content (AvgIpc) is 3.33. The van der Waals surface area contributed by atoms with E-state index in [1.54, 1.807) is 16.8 Å². The third kappa shape index (κ3) is 2.39. The molecule has 1 aromatic heterocycles. The lowest BCUT2D eigenvalue weighted by Gasteiger charge is -2.31. The van der Waals surface area contributed by atoms with E-state index < -0.39 is 0 Å². The molecule has 1 aromatic carbocycles. The van der Waals surface area contributed by atoms with Gasteiger partial charge in [-0.1, -0.05) is 0 Å². The SMILES string of the molecule is O=C(N1CCN2CCC1CC2)n1nc(-c2ccc(F)cc2)c2c1C[C@H]1C[C@@H]21. The largest absolute Gasteiger partial charge is 0.345 e. The fraction of sp³-hybridized carbons (Fsp3) is 0.524. The summed E-state index contributed by atoms with van der Waals surface area (Å²) in [5.74, 6) is 0.959. The molecule has 2 bridgehead atoms. The lowest BCUT2D eigenvalue weighted by molar-refractivity contribution is 0.168. The summed E-state index contributed by atoms with van der Waals surface area (Å²) in [7, 11) is 0. The van der Waals surface area contributed by atoms with E-state index in [-0.39, 0.29) is 11.8 Å². The molecule has 3 aliphatic heterocycles. The molecule has 2 aromatic rings. The van der Waals surface area contributed by atoms with Crippen molar-refractivity contribution in [3.63, 3.8) is 0 Å². The minimum absolute atomic E-state index is 0.0367. The number of fused-ring (bicyclic) bond motifs is 7. The van der Waals surface area contributed by atoms with Crippen LogP contribution in [-0.2, 0) is 6.42 Å². The Bertz CT molecular complexity index is 913. The maximum atomic E-state index is 13.5. The lowest BCUT2D eigenvalue weighted by Crippen LogP contribution is -2.44. The topological polar surface area (TPSA) is 41.4 Å². The van der Waals surface area contributed by atoms with Crippen molar-refractivity contribution in [3.05, 3.63) is 41.3 Å². The number of halogens is 1. The number of benzene rings is 1. The Morgan fingerprint density at radius 2 is 1.85 bits per heavy atom. The number of rotatable bonds is 1. The van der Waals surface area contributed by atoms with E-state index in [0.717, 1.165) is 62.4 Å². The van der Waals surface area contributed by atoms with Crippen molar-refractivity contribution < 1.29 is 9.18 Å². The van der Waals surface area contributed by atoms with Crippen molar-refractivity contribution in [2.45, 2.75) is 37.6 Å². The summed E-state index contributed by atoms with van der Waals surface area (Å²) in [5, 5.41) is 4.79. The van der Waals surface area contributed by atoms with Gasteiger partial charge in [-0.05, 0) is 61.8 Å². The molecule has 5 aliphatic rings. The first-order chi connectivity index (χ1) is 13.2. The molecule has 1 saturated carbocycles. The molecule has 2 atom stereocenters. The van der Waals surface area contributed by atoms with Crippen molar-refractivity contribution in [2.75, 3.05) is 26.2 Å². The van der Waals surface area contributed by atoms with E-state index in [4.69, 9.17) is 5.10 Å². The van der Waals surface area contributed by atoms with Crippen LogP contribution in [0.4, 0.5) is 9.18 Å². The minimum atomic E-state index is -0.245. The van der Waals surface area contributed by atoms with Crippen LogP contribution in [0.5, 0.6) is 0 Å². The highest BCUT2D eigenvalue weighted by Crippen LogP contribution is 2.58. The quantitative estimate of drug-likeness (QED) is 0.779. The summed E-state index contributed by atoms with van der Waals surface area (Å²) in [5.41, 5.74) is 4.13. The summed E-state index contributed by atoms with van der Waals surface area (Å²) in [6.45, 7) is 3.94. The molecule has 4 heterocycles. The number of aromatic nitrogens is 2. The van der Waals surface area contributed by atoms with E-state index in [9.17, 15) is 9.18 Å². The molecule has 0 radical (unpaired) electrons. The number of carbonyl (C=O) groups is 1. The zero-order chi connectivity index (χ0) is 18.1. The van der Waals surface area contributed by atoms with E-state index >= 15 is 0 Å². The zero-order valence-electron chi connectivity index (χ0n) is 15.3. The Kier molecular flexibility index (Phi) is 3.30. The predicted octanol–water partition coefficient (Wildman–Crippen LogP) is 3.10. The fourth-order valence-electron chi connectivity index (χ4n) is 5.37. The second-order valence-corrected chi connectivity index (χ2v) is 8.48. The first-order valence-corrected chi connectivity index (χ1v) is 10.1. The van der Waals surface area contributed by atoms with Gasteiger partial charge in [0.15, 0.2) is 0 Å². The summed E-state index contributed by atoms with van der Waals surface area (Å²) < 4.78 is 15.1.